The monoisotopic (exact) mass is 353 g/mol. The van der Waals surface area contributed by atoms with Gasteiger partial charge in [0.05, 0.1) is 5.56 Å². The SMILES string of the molecule is CN(C)c1ccc(NC(=O)c2cc(Br)cnc2Cl)cc1. The maximum absolute atomic E-state index is 12.1. The van der Waals surface area contributed by atoms with Crippen molar-refractivity contribution in [3.05, 3.63) is 51.7 Å². The number of nitrogens with one attached hydrogen (secondary N) is 1. The van der Waals surface area contributed by atoms with Crippen molar-refractivity contribution in [1.29, 1.82) is 0 Å². The summed E-state index contributed by atoms with van der Waals surface area (Å²) in [5.41, 5.74) is 2.10. The summed E-state index contributed by atoms with van der Waals surface area (Å²) in [4.78, 5) is 18.1. The van der Waals surface area contributed by atoms with Crippen LogP contribution in [0.2, 0.25) is 5.15 Å². The van der Waals surface area contributed by atoms with Crippen LogP contribution in [0, 0.1) is 0 Å². The number of halogens is 2. The van der Waals surface area contributed by atoms with E-state index in [1.54, 1.807) is 12.3 Å². The number of hydrogen-bond acceptors (Lipinski definition) is 3. The average molecular weight is 355 g/mol. The van der Waals surface area contributed by atoms with Crippen molar-refractivity contribution in [2.75, 3.05) is 24.3 Å². The first-order valence-corrected chi connectivity index (χ1v) is 7.04. The number of carbonyl (C=O) groups is 1. The van der Waals surface area contributed by atoms with E-state index in [-0.39, 0.29) is 11.1 Å². The van der Waals surface area contributed by atoms with Crippen molar-refractivity contribution in [1.82, 2.24) is 4.98 Å². The van der Waals surface area contributed by atoms with E-state index in [1.165, 1.54) is 0 Å². The molecule has 1 aromatic heterocycles. The second-order valence-corrected chi connectivity index (χ2v) is 5.66. The maximum Gasteiger partial charge on any atom is 0.258 e. The van der Waals surface area contributed by atoms with Crippen LogP contribution in [-0.4, -0.2) is 25.0 Å². The van der Waals surface area contributed by atoms with Crippen LogP contribution in [0.3, 0.4) is 0 Å². The Labute approximate surface area is 130 Å². The van der Waals surface area contributed by atoms with Gasteiger partial charge in [-0.1, -0.05) is 11.6 Å². The number of rotatable bonds is 3. The van der Waals surface area contributed by atoms with Crippen molar-refractivity contribution >= 4 is 44.8 Å². The first kappa shape index (κ1) is 14.8. The lowest BCUT2D eigenvalue weighted by Gasteiger charge is -2.13. The van der Waals surface area contributed by atoms with Crippen LogP contribution in [0.1, 0.15) is 10.4 Å². The summed E-state index contributed by atoms with van der Waals surface area (Å²) < 4.78 is 0.704. The normalized spacial score (nSPS) is 10.2. The number of hydrogen-bond donors (Lipinski definition) is 1. The standard InChI is InChI=1S/C14H13BrClN3O/c1-19(2)11-5-3-10(4-6-11)18-14(20)12-7-9(15)8-17-13(12)16/h3-8H,1-2H3,(H,18,20). The highest BCUT2D eigenvalue weighted by atomic mass is 79.9. The van der Waals surface area contributed by atoms with E-state index in [2.05, 4.69) is 26.2 Å². The fourth-order valence-corrected chi connectivity index (χ4v) is 2.14. The summed E-state index contributed by atoms with van der Waals surface area (Å²) in [5, 5.41) is 2.97. The highest BCUT2D eigenvalue weighted by Gasteiger charge is 2.12. The Hall–Kier alpha value is -1.59. The molecule has 0 saturated carbocycles. The molecule has 0 spiro atoms. The zero-order valence-corrected chi connectivity index (χ0v) is 13.4. The Kier molecular flexibility index (Phi) is 4.62. The molecule has 2 rings (SSSR count). The van der Waals surface area contributed by atoms with Crippen molar-refractivity contribution < 1.29 is 4.79 Å². The Morgan fingerprint density at radius 1 is 1.30 bits per heavy atom. The Morgan fingerprint density at radius 3 is 2.55 bits per heavy atom. The second-order valence-electron chi connectivity index (χ2n) is 4.39. The van der Waals surface area contributed by atoms with E-state index in [0.29, 0.717) is 15.7 Å². The molecule has 4 nitrogen and oxygen atoms in total. The van der Waals surface area contributed by atoms with Gasteiger partial charge in [-0.05, 0) is 46.3 Å². The van der Waals surface area contributed by atoms with E-state index in [1.807, 2.05) is 43.3 Å². The van der Waals surface area contributed by atoms with Crippen molar-refractivity contribution in [3.8, 4) is 0 Å². The summed E-state index contributed by atoms with van der Waals surface area (Å²) in [6.45, 7) is 0. The molecule has 0 saturated heterocycles. The van der Waals surface area contributed by atoms with Crippen molar-refractivity contribution in [2.45, 2.75) is 0 Å². The summed E-state index contributed by atoms with van der Waals surface area (Å²) in [5.74, 6) is -0.290. The second kappa shape index (κ2) is 6.24. The molecule has 0 fully saturated rings. The number of pyridine rings is 1. The average Bonchev–Trinajstić information content (AvgIpc) is 2.42. The van der Waals surface area contributed by atoms with E-state index in [0.717, 1.165) is 5.69 Å². The zero-order chi connectivity index (χ0) is 14.7. The number of aromatic nitrogens is 1. The third kappa shape index (κ3) is 3.49. The van der Waals surface area contributed by atoms with Gasteiger partial charge in [0.25, 0.3) is 5.91 Å². The number of benzene rings is 1. The van der Waals surface area contributed by atoms with Crippen LogP contribution in [-0.2, 0) is 0 Å². The molecular formula is C14H13BrClN3O. The highest BCUT2D eigenvalue weighted by Crippen LogP contribution is 2.20. The molecule has 0 atom stereocenters. The highest BCUT2D eigenvalue weighted by molar-refractivity contribution is 9.10. The molecule has 1 N–H and O–H groups in total. The van der Waals surface area contributed by atoms with Crippen LogP contribution < -0.4 is 10.2 Å². The van der Waals surface area contributed by atoms with E-state index in [4.69, 9.17) is 11.6 Å². The minimum Gasteiger partial charge on any atom is -0.378 e. The van der Waals surface area contributed by atoms with Crippen LogP contribution in [0.25, 0.3) is 0 Å². The van der Waals surface area contributed by atoms with E-state index >= 15 is 0 Å². The minimum atomic E-state index is -0.290. The molecule has 1 aromatic carbocycles. The van der Waals surface area contributed by atoms with Gasteiger partial charge in [0.2, 0.25) is 0 Å². The largest absolute Gasteiger partial charge is 0.378 e. The third-order valence-corrected chi connectivity index (χ3v) is 3.43. The van der Waals surface area contributed by atoms with E-state index < -0.39 is 0 Å². The topological polar surface area (TPSA) is 45.2 Å². The van der Waals surface area contributed by atoms with Crippen LogP contribution >= 0.6 is 27.5 Å². The van der Waals surface area contributed by atoms with Crippen LogP contribution in [0.4, 0.5) is 11.4 Å². The molecule has 1 amide bonds. The molecular weight excluding hydrogens is 342 g/mol. The van der Waals surface area contributed by atoms with Gasteiger partial charge in [0.1, 0.15) is 5.15 Å². The van der Waals surface area contributed by atoms with Gasteiger partial charge in [-0.2, -0.15) is 0 Å². The molecule has 0 aliphatic rings. The quantitative estimate of drug-likeness (QED) is 0.852. The fourth-order valence-electron chi connectivity index (χ4n) is 1.62. The molecule has 104 valence electrons. The number of nitrogens with zero attached hydrogens (tertiary/aromatic N) is 2. The molecule has 0 bridgehead atoms. The minimum absolute atomic E-state index is 0.176. The Morgan fingerprint density at radius 2 is 1.95 bits per heavy atom. The zero-order valence-electron chi connectivity index (χ0n) is 11.0. The van der Waals surface area contributed by atoms with Gasteiger partial charge >= 0.3 is 0 Å². The lowest BCUT2D eigenvalue weighted by Crippen LogP contribution is -2.13. The maximum atomic E-state index is 12.1. The van der Waals surface area contributed by atoms with Gasteiger partial charge in [0.15, 0.2) is 0 Å². The smallest absolute Gasteiger partial charge is 0.258 e. The van der Waals surface area contributed by atoms with Crippen LogP contribution in [0.15, 0.2) is 41.0 Å². The summed E-state index contributed by atoms with van der Waals surface area (Å²) in [6.07, 6.45) is 1.55. The first-order valence-electron chi connectivity index (χ1n) is 5.87. The summed E-state index contributed by atoms with van der Waals surface area (Å²) in [7, 11) is 3.92. The molecule has 2 aromatic rings. The first-order chi connectivity index (χ1) is 9.47. The molecule has 0 unspecified atom stereocenters. The molecule has 0 radical (unpaired) electrons. The molecule has 0 aliphatic carbocycles. The third-order valence-electron chi connectivity index (χ3n) is 2.69. The molecule has 1 heterocycles. The Balaban J connectivity index is 2.17. The number of amides is 1. The van der Waals surface area contributed by atoms with Crippen LogP contribution in [0.5, 0.6) is 0 Å². The van der Waals surface area contributed by atoms with Gasteiger partial charge in [0, 0.05) is 36.1 Å². The number of carbonyl (C=O) groups excluding carboxylic acids is 1. The molecule has 0 aliphatic heterocycles. The van der Waals surface area contributed by atoms with Gasteiger partial charge in [-0.25, -0.2) is 4.98 Å². The van der Waals surface area contributed by atoms with Crippen molar-refractivity contribution in [3.63, 3.8) is 0 Å². The van der Waals surface area contributed by atoms with E-state index in [9.17, 15) is 4.79 Å². The van der Waals surface area contributed by atoms with Gasteiger partial charge in [-0.3, -0.25) is 4.79 Å². The molecule has 20 heavy (non-hydrogen) atoms. The summed E-state index contributed by atoms with van der Waals surface area (Å²) >= 11 is 9.19. The van der Waals surface area contributed by atoms with Crippen molar-refractivity contribution in [2.24, 2.45) is 0 Å². The molecule has 6 heteroatoms. The van der Waals surface area contributed by atoms with Gasteiger partial charge in [-0.15, -0.1) is 0 Å². The lowest BCUT2D eigenvalue weighted by atomic mass is 10.2. The fraction of sp³-hybridized carbons (Fsp3) is 0.143. The summed E-state index contributed by atoms with van der Waals surface area (Å²) in [6, 6.07) is 9.17. The Bertz CT molecular complexity index is 629. The predicted octanol–water partition coefficient (Wildman–Crippen LogP) is 3.82. The van der Waals surface area contributed by atoms with Gasteiger partial charge < -0.3 is 10.2 Å². The number of anilines is 2. The lowest BCUT2D eigenvalue weighted by molar-refractivity contribution is 0.102. The predicted molar refractivity (Wildman–Crippen MR) is 85.7 cm³/mol.